The van der Waals surface area contributed by atoms with E-state index >= 15 is 0 Å². The largest absolute Gasteiger partial charge is 0.457 e. The molecule has 1 saturated carbocycles. The molecular formula is C12H8BrNO2. The minimum atomic E-state index is -0.459. The number of fused-ring (bicyclic) bond motifs is 1. The van der Waals surface area contributed by atoms with Gasteiger partial charge < -0.3 is 4.42 Å². The highest BCUT2D eigenvalue weighted by Gasteiger charge is 2.49. The van der Waals surface area contributed by atoms with Gasteiger partial charge in [0, 0.05) is 5.39 Å². The first-order valence-corrected chi connectivity index (χ1v) is 5.83. The second-order valence-corrected chi connectivity index (χ2v) is 4.77. The Morgan fingerprint density at radius 2 is 2.12 bits per heavy atom. The zero-order valence-corrected chi connectivity index (χ0v) is 9.95. The zero-order valence-electron chi connectivity index (χ0n) is 8.37. The van der Waals surface area contributed by atoms with Crippen molar-refractivity contribution < 1.29 is 9.21 Å². The highest BCUT2D eigenvalue weighted by atomic mass is 79.9. The topological polar surface area (TPSA) is 42.6 Å². The summed E-state index contributed by atoms with van der Waals surface area (Å²) in [7, 11) is 0. The third-order valence-corrected chi connectivity index (χ3v) is 3.73. The van der Waals surface area contributed by atoms with Gasteiger partial charge in [0.2, 0.25) is 6.08 Å². The number of rotatable bonds is 2. The van der Waals surface area contributed by atoms with Crippen LogP contribution in [0.4, 0.5) is 0 Å². The molecule has 3 rings (SSSR count). The molecule has 2 aromatic rings. The molecule has 0 spiro atoms. The molecule has 1 aromatic heterocycles. The maximum Gasteiger partial charge on any atom is 0.235 e. The van der Waals surface area contributed by atoms with Crippen LogP contribution in [-0.4, -0.2) is 6.08 Å². The average Bonchev–Trinajstić information content (AvgIpc) is 2.99. The van der Waals surface area contributed by atoms with Gasteiger partial charge in [-0.25, -0.2) is 4.79 Å². The lowest BCUT2D eigenvalue weighted by Gasteiger charge is -2.02. The lowest BCUT2D eigenvalue weighted by Crippen LogP contribution is -2.00. The van der Waals surface area contributed by atoms with Gasteiger partial charge in [-0.05, 0) is 40.9 Å². The van der Waals surface area contributed by atoms with Crippen LogP contribution in [0, 0.1) is 0 Å². The Morgan fingerprint density at radius 1 is 1.38 bits per heavy atom. The predicted octanol–water partition coefficient (Wildman–Crippen LogP) is 3.52. The molecule has 1 aliphatic carbocycles. The lowest BCUT2D eigenvalue weighted by molar-refractivity contribution is 0.479. The smallest absolute Gasteiger partial charge is 0.235 e. The van der Waals surface area contributed by atoms with Crippen LogP contribution >= 0.6 is 15.9 Å². The van der Waals surface area contributed by atoms with Gasteiger partial charge in [0.15, 0.2) is 0 Å². The van der Waals surface area contributed by atoms with Gasteiger partial charge in [0.05, 0.1) is 4.47 Å². The molecule has 0 saturated heterocycles. The van der Waals surface area contributed by atoms with Crippen LogP contribution < -0.4 is 0 Å². The molecule has 1 aromatic carbocycles. The molecule has 0 amide bonds. The van der Waals surface area contributed by atoms with E-state index in [1.807, 2.05) is 24.3 Å². The second-order valence-electron chi connectivity index (χ2n) is 3.98. The minimum absolute atomic E-state index is 0.459. The summed E-state index contributed by atoms with van der Waals surface area (Å²) in [4.78, 5) is 14.3. The van der Waals surface area contributed by atoms with Crippen LogP contribution in [0.1, 0.15) is 18.6 Å². The number of aliphatic imine (C=N–C) groups is 1. The number of nitrogens with zero attached hydrogens (tertiary/aromatic N) is 1. The van der Waals surface area contributed by atoms with Crippen LogP contribution in [0.3, 0.4) is 0 Å². The van der Waals surface area contributed by atoms with Crippen molar-refractivity contribution in [3.05, 3.63) is 34.5 Å². The van der Waals surface area contributed by atoms with E-state index in [-0.39, 0.29) is 0 Å². The van der Waals surface area contributed by atoms with Crippen molar-refractivity contribution in [1.82, 2.24) is 0 Å². The molecule has 0 N–H and O–H groups in total. The summed E-state index contributed by atoms with van der Waals surface area (Å²) in [5.41, 5.74) is 0.358. The van der Waals surface area contributed by atoms with Gasteiger partial charge in [-0.1, -0.05) is 12.1 Å². The van der Waals surface area contributed by atoms with E-state index < -0.39 is 5.54 Å². The average molecular weight is 278 g/mol. The van der Waals surface area contributed by atoms with E-state index in [0.717, 1.165) is 34.0 Å². The van der Waals surface area contributed by atoms with Crippen LogP contribution in [0.25, 0.3) is 11.0 Å². The first-order valence-electron chi connectivity index (χ1n) is 5.03. The predicted molar refractivity (Wildman–Crippen MR) is 62.9 cm³/mol. The molecule has 16 heavy (non-hydrogen) atoms. The first kappa shape index (κ1) is 9.82. The van der Waals surface area contributed by atoms with Gasteiger partial charge in [-0.3, -0.25) is 0 Å². The number of hydrogen-bond donors (Lipinski definition) is 0. The number of carbonyl (C=O) groups excluding carboxylic acids is 1. The maximum absolute atomic E-state index is 10.4. The molecule has 1 aliphatic rings. The van der Waals surface area contributed by atoms with Crippen molar-refractivity contribution in [2.45, 2.75) is 18.4 Å². The quantitative estimate of drug-likeness (QED) is 0.623. The molecule has 80 valence electrons. The fourth-order valence-corrected chi connectivity index (χ4v) is 2.69. The van der Waals surface area contributed by atoms with E-state index in [1.54, 1.807) is 6.08 Å². The number of isocyanates is 1. The number of halogens is 1. The van der Waals surface area contributed by atoms with Gasteiger partial charge in [-0.15, -0.1) is 0 Å². The molecular weight excluding hydrogens is 270 g/mol. The standard InChI is InChI=1S/C12H8BrNO2/c13-10-8-3-1-2-4-9(8)16-11(10)12(5-6-12)14-7-15/h1-4H,5-6H2. The molecule has 0 bridgehead atoms. The monoisotopic (exact) mass is 277 g/mol. The van der Waals surface area contributed by atoms with Gasteiger partial charge in [-0.2, -0.15) is 4.99 Å². The Labute approximate surface area is 100 Å². The highest BCUT2D eigenvalue weighted by Crippen LogP contribution is 2.53. The van der Waals surface area contributed by atoms with Crippen molar-refractivity contribution in [3.63, 3.8) is 0 Å². The Bertz CT molecular complexity index is 607. The van der Waals surface area contributed by atoms with E-state index in [0.29, 0.717) is 0 Å². The van der Waals surface area contributed by atoms with Crippen LogP contribution in [0.2, 0.25) is 0 Å². The van der Waals surface area contributed by atoms with Crippen molar-refractivity contribution in [3.8, 4) is 0 Å². The number of benzene rings is 1. The lowest BCUT2D eigenvalue weighted by atomic mass is 10.2. The first-order chi connectivity index (χ1) is 7.77. The fourth-order valence-electron chi connectivity index (χ4n) is 1.91. The van der Waals surface area contributed by atoms with E-state index in [4.69, 9.17) is 4.42 Å². The molecule has 4 heteroatoms. The van der Waals surface area contributed by atoms with Gasteiger partial charge in [0.25, 0.3) is 0 Å². The normalized spacial score (nSPS) is 17.1. The Morgan fingerprint density at radius 3 is 2.75 bits per heavy atom. The van der Waals surface area contributed by atoms with Gasteiger partial charge >= 0.3 is 0 Å². The molecule has 1 fully saturated rings. The number of furan rings is 1. The van der Waals surface area contributed by atoms with E-state index in [1.165, 1.54) is 0 Å². The van der Waals surface area contributed by atoms with Crippen LogP contribution in [-0.2, 0) is 10.3 Å². The van der Waals surface area contributed by atoms with Crippen molar-refractivity contribution >= 4 is 33.0 Å². The number of para-hydroxylation sites is 1. The van der Waals surface area contributed by atoms with Crippen molar-refractivity contribution in [2.75, 3.05) is 0 Å². The highest BCUT2D eigenvalue weighted by molar-refractivity contribution is 9.10. The Hall–Kier alpha value is -1.38. The molecule has 3 nitrogen and oxygen atoms in total. The zero-order chi connectivity index (χ0) is 11.2. The Balaban J connectivity index is 2.25. The van der Waals surface area contributed by atoms with Crippen LogP contribution in [0.15, 0.2) is 38.1 Å². The molecule has 1 heterocycles. The van der Waals surface area contributed by atoms with Crippen molar-refractivity contribution in [1.29, 1.82) is 0 Å². The number of hydrogen-bond acceptors (Lipinski definition) is 3. The summed E-state index contributed by atoms with van der Waals surface area (Å²) in [5.74, 6) is 0.747. The summed E-state index contributed by atoms with van der Waals surface area (Å²) < 4.78 is 6.66. The molecule has 0 atom stereocenters. The minimum Gasteiger partial charge on any atom is -0.457 e. The maximum atomic E-state index is 10.4. The molecule has 0 unspecified atom stereocenters. The second kappa shape index (κ2) is 3.30. The summed E-state index contributed by atoms with van der Waals surface area (Å²) in [6.45, 7) is 0. The van der Waals surface area contributed by atoms with Crippen LogP contribution in [0.5, 0.6) is 0 Å². The summed E-state index contributed by atoms with van der Waals surface area (Å²) in [6.07, 6.45) is 3.33. The van der Waals surface area contributed by atoms with E-state index in [9.17, 15) is 4.79 Å². The summed E-state index contributed by atoms with van der Waals surface area (Å²) >= 11 is 3.51. The SMILES string of the molecule is O=C=NC1(c2oc3ccccc3c2Br)CC1. The third-order valence-electron chi connectivity index (χ3n) is 2.94. The van der Waals surface area contributed by atoms with Crippen molar-refractivity contribution in [2.24, 2.45) is 4.99 Å². The molecule has 0 radical (unpaired) electrons. The third kappa shape index (κ3) is 1.27. The summed E-state index contributed by atoms with van der Waals surface area (Å²) in [5, 5.41) is 1.02. The molecule has 0 aliphatic heterocycles. The van der Waals surface area contributed by atoms with E-state index in [2.05, 4.69) is 20.9 Å². The summed E-state index contributed by atoms with van der Waals surface area (Å²) in [6, 6.07) is 7.76. The van der Waals surface area contributed by atoms with Gasteiger partial charge in [0.1, 0.15) is 16.9 Å². The fraction of sp³-hybridized carbons (Fsp3) is 0.250. The Kier molecular flexibility index (Phi) is 2.03.